The van der Waals surface area contributed by atoms with Crippen molar-refractivity contribution in [3.05, 3.63) is 0 Å². The summed E-state index contributed by atoms with van der Waals surface area (Å²) in [5.74, 6) is 0. The second kappa shape index (κ2) is 3.44. The van der Waals surface area contributed by atoms with E-state index >= 15 is 0 Å². The second-order valence-electron chi connectivity index (χ2n) is 3.83. The molecule has 0 heterocycles. The van der Waals surface area contributed by atoms with E-state index in [0.717, 1.165) is 19.3 Å². The summed E-state index contributed by atoms with van der Waals surface area (Å²) in [6.45, 7) is 0. The van der Waals surface area contributed by atoms with Crippen molar-refractivity contribution in [1.29, 1.82) is 0 Å². The summed E-state index contributed by atoms with van der Waals surface area (Å²) in [6, 6.07) is 0.599. The Morgan fingerprint density at radius 2 is 1.92 bits per heavy atom. The van der Waals surface area contributed by atoms with Crippen molar-refractivity contribution in [2.24, 2.45) is 5.73 Å². The topological polar surface area (TPSA) is 55.1 Å². The molecular weight excluding hydrogens is 172 g/mol. The van der Waals surface area contributed by atoms with Crippen molar-refractivity contribution in [1.82, 2.24) is 4.72 Å². The van der Waals surface area contributed by atoms with Crippen LogP contribution in [0.4, 0.5) is 0 Å². The summed E-state index contributed by atoms with van der Waals surface area (Å²) in [5, 5.41) is 0.401. The van der Waals surface area contributed by atoms with Gasteiger partial charge in [0, 0.05) is 17.3 Å². The first kappa shape index (κ1) is 8.66. The zero-order valence-corrected chi connectivity index (χ0v) is 7.98. The molecule has 0 aromatic carbocycles. The van der Waals surface area contributed by atoms with Gasteiger partial charge in [0.2, 0.25) is 0 Å². The van der Waals surface area contributed by atoms with Crippen LogP contribution in [0.15, 0.2) is 0 Å². The van der Waals surface area contributed by atoms with Gasteiger partial charge >= 0.3 is 0 Å². The van der Waals surface area contributed by atoms with Gasteiger partial charge in [-0.25, -0.2) is 8.93 Å². The highest BCUT2D eigenvalue weighted by Crippen LogP contribution is 2.25. The maximum atomic E-state index is 11.6. The van der Waals surface area contributed by atoms with Gasteiger partial charge in [-0.05, 0) is 19.3 Å². The molecule has 0 bridgehead atoms. The maximum absolute atomic E-state index is 11.6. The van der Waals surface area contributed by atoms with Gasteiger partial charge in [-0.1, -0.05) is 12.8 Å². The summed E-state index contributed by atoms with van der Waals surface area (Å²) in [5.41, 5.74) is 5.62. The van der Waals surface area contributed by atoms with Gasteiger partial charge in [0.25, 0.3) is 0 Å². The van der Waals surface area contributed by atoms with Gasteiger partial charge in [0.15, 0.2) is 0 Å². The van der Waals surface area contributed by atoms with Gasteiger partial charge < -0.3 is 5.73 Å². The minimum absolute atomic E-state index is 0.260. The van der Waals surface area contributed by atoms with Crippen molar-refractivity contribution in [3.63, 3.8) is 0 Å². The van der Waals surface area contributed by atoms with Crippen LogP contribution in [0.2, 0.25) is 0 Å². The van der Waals surface area contributed by atoms with Crippen molar-refractivity contribution in [2.45, 2.75) is 49.4 Å². The summed E-state index contributed by atoms with van der Waals surface area (Å²) in [6.07, 6.45) is 5.74. The standard InChI is InChI=1S/C8H16N2OS/c9-7-5-8(7)10-12(11)6-3-1-2-4-6/h6-8,10H,1-5,9H2. The van der Waals surface area contributed by atoms with E-state index in [2.05, 4.69) is 4.72 Å². The number of hydrogen-bond acceptors (Lipinski definition) is 2. The molecule has 2 saturated carbocycles. The largest absolute Gasteiger partial charge is 0.326 e. The molecule has 2 rings (SSSR count). The molecule has 0 radical (unpaired) electrons. The van der Waals surface area contributed by atoms with E-state index in [4.69, 9.17) is 5.73 Å². The Bertz CT molecular complexity index is 191. The van der Waals surface area contributed by atoms with E-state index < -0.39 is 11.0 Å². The van der Waals surface area contributed by atoms with Crippen molar-refractivity contribution < 1.29 is 4.21 Å². The summed E-state index contributed by atoms with van der Waals surface area (Å²) >= 11 is 0. The average Bonchev–Trinajstić information content (AvgIpc) is 2.58. The molecule has 3 N–H and O–H groups in total. The molecule has 2 fully saturated rings. The van der Waals surface area contributed by atoms with Crippen LogP contribution in [0.5, 0.6) is 0 Å². The van der Waals surface area contributed by atoms with Gasteiger partial charge in [-0.3, -0.25) is 0 Å². The first-order valence-electron chi connectivity index (χ1n) is 4.69. The smallest absolute Gasteiger partial charge is 0.0950 e. The van der Waals surface area contributed by atoms with Crippen LogP contribution >= 0.6 is 0 Å². The molecule has 3 nitrogen and oxygen atoms in total. The second-order valence-corrected chi connectivity index (χ2v) is 5.32. The van der Waals surface area contributed by atoms with E-state index in [1.807, 2.05) is 0 Å². The Morgan fingerprint density at radius 1 is 1.33 bits per heavy atom. The Hall–Kier alpha value is 0.0700. The Morgan fingerprint density at radius 3 is 2.42 bits per heavy atom. The van der Waals surface area contributed by atoms with Crippen molar-refractivity contribution in [2.75, 3.05) is 0 Å². The van der Waals surface area contributed by atoms with Crippen LogP contribution < -0.4 is 10.5 Å². The van der Waals surface area contributed by atoms with Gasteiger partial charge in [0.1, 0.15) is 0 Å². The van der Waals surface area contributed by atoms with Crippen molar-refractivity contribution in [3.8, 4) is 0 Å². The van der Waals surface area contributed by atoms with Crippen LogP contribution in [-0.4, -0.2) is 21.5 Å². The SMILES string of the molecule is NC1CC1NS(=O)C1CCCC1. The molecule has 0 aliphatic heterocycles. The zero-order chi connectivity index (χ0) is 8.55. The third kappa shape index (κ3) is 1.87. The maximum Gasteiger partial charge on any atom is 0.0950 e. The van der Waals surface area contributed by atoms with Gasteiger partial charge in [0.05, 0.1) is 11.0 Å². The predicted molar refractivity (Wildman–Crippen MR) is 49.9 cm³/mol. The van der Waals surface area contributed by atoms with Crippen molar-refractivity contribution >= 4 is 11.0 Å². The Kier molecular flexibility index (Phi) is 2.48. The lowest BCUT2D eigenvalue weighted by molar-refractivity contribution is 0.654. The molecule has 12 heavy (non-hydrogen) atoms. The quantitative estimate of drug-likeness (QED) is 0.668. The molecule has 0 spiro atoms. The normalized spacial score (nSPS) is 38.4. The monoisotopic (exact) mass is 188 g/mol. The lowest BCUT2D eigenvalue weighted by Gasteiger charge is -2.09. The highest BCUT2D eigenvalue weighted by Gasteiger charge is 2.36. The molecule has 0 amide bonds. The third-order valence-electron chi connectivity index (χ3n) is 2.71. The van der Waals surface area contributed by atoms with E-state index in [0.29, 0.717) is 11.3 Å². The van der Waals surface area contributed by atoms with Crippen LogP contribution in [-0.2, 0) is 11.0 Å². The number of hydrogen-bond donors (Lipinski definition) is 2. The van der Waals surface area contributed by atoms with Gasteiger partial charge in [-0.15, -0.1) is 0 Å². The molecule has 2 aliphatic carbocycles. The molecule has 0 aromatic heterocycles. The highest BCUT2D eigenvalue weighted by molar-refractivity contribution is 7.83. The predicted octanol–water partition coefficient (Wildman–Crippen LogP) is 0.282. The molecule has 0 aromatic rings. The summed E-state index contributed by atoms with van der Waals surface area (Å²) in [4.78, 5) is 0. The van der Waals surface area contributed by atoms with Crippen LogP contribution in [0.25, 0.3) is 0 Å². The molecule has 3 atom stereocenters. The fraction of sp³-hybridized carbons (Fsp3) is 1.00. The summed E-state index contributed by atoms with van der Waals surface area (Å²) in [7, 11) is -0.814. The van der Waals surface area contributed by atoms with Crippen LogP contribution in [0.3, 0.4) is 0 Å². The minimum Gasteiger partial charge on any atom is -0.326 e. The fourth-order valence-corrected chi connectivity index (χ4v) is 3.22. The van der Waals surface area contributed by atoms with Crippen LogP contribution in [0.1, 0.15) is 32.1 Å². The van der Waals surface area contributed by atoms with E-state index in [-0.39, 0.29) is 6.04 Å². The fourth-order valence-electron chi connectivity index (χ4n) is 1.70. The first-order chi connectivity index (χ1) is 5.77. The van der Waals surface area contributed by atoms with Crippen LogP contribution in [0, 0.1) is 0 Å². The number of nitrogens with two attached hydrogens (primary N) is 1. The van der Waals surface area contributed by atoms with E-state index in [9.17, 15) is 4.21 Å². The molecule has 4 heteroatoms. The number of rotatable bonds is 3. The average molecular weight is 188 g/mol. The summed E-state index contributed by atoms with van der Waals surface area (Å²) < 4.78 is 14.7. The Balaban J connectivity index is 1.76. The Labute approximate surface area is 75.7 Å². The molecular formula is C8H16N2OS. The molecule has 70 valence electrons. The first-order valence-corrected chi connectivity index (χ1v) is 5.91. The lowest BCUT2D eigenvalue weighted by Crippen LogP contribution is -2.31. The van der Waals surface area contributed by atoms with E-state index in [1.54, 1.807) is 0 Å². The third-order valence-corrected chi connectivity index (χ3v) is 4.32. The molecule has 0 saturated heterocycles. The molecule has 3 unspecified atom stereocenters. The lowest BCUT2D eigenvalue weighted by atomic mass is 10.4. The minimum atomic E-state index is -0.814. The highest BCUT2D eigenvalue weighted by atomic mass is 32.2. The molecule has 2 aliphatic rings. The van der Waals surface area contributed by atoms with Gasteiger partial charge in [-0.2, -0.15) is 0 Å². The zero-order valence-electron chi connectivity index (χ0n) is 7.16. The van der Waals surface area contributed by atoms with E-state index in [1.165, 1.54) is 12.8 Å². The number of nitrogens with one attached hydrogen (secondary N) is 1.